The van der Waals surface area contributed by atoms with Gasteiger partial charge in [-0.1, -0.05) is 0 Å². The second-order valence-corrected chi connectivity index (χ2v) is 3.15. The van der Waals surface area contributed by atoms with Gasteiger partial charge in [0.05, 0.1) is 18.6 Å². The molecule has 2 heterocycles. The highest BCUT2D eigenvalue weighted by Crippen LogP contribution is 2.22. The van der Waals surface area contributed by atoms with Crippen LogP contribution in [0.15, 0.2) is 39.5 Å². The van der Waals surface area contributed by atoms with E-state index in [-0.39, 0.29) is 0 Å². The van der Waals surface area contributed by atoms with Crippen LogP contribution in [-0.2, 0) is 0 Å². The van der Waals surface area contributed by atoms with Crippen molar-refractivity contribution in [2.45, 2.75) is 10.2 Å². The lowest BCUT2D eigenvalue weighted by Gasteiger charge is -1.94. The summed E-state index contributed by atoms with van der Waals surface area (Å²) in [4.78, 5) is 11.8. The van der Waals surface area contributed by atoms with Crippen molar-refractivity contribution in [3.8, 4) is 0 Å². The summed E-state index contributed by atoms with van der Waals surface area (Å²) in [6.45, 7) is 0. The lowest BCUT2D eigenvalue weighted by molar-refractivity contribution is 0.454. The summed E-state index contributed by atoms with van der Waals surface area (Å²) in [6, 6.07) is 0. The molecular weight excluding hydrogens is 188 g/mol. The van der Waals surface area contributed by atoms with Gasteiger partial charge in [-0.3, -0.25) is 0 Å². The molecule has 0 aliphatic heterocycles. The highest BCUT2D eigenvalue weighted by molar-refractivity contribution is 7.99. The Hall–Kier alpha value is -1.56. The maximum absolute atomic E-state index is 5.38. The molecule has 0 aliphatic rings. The van der Waals surface area contributed by atoms with E-state index in [9.17, 15) is 0 Å². The van der Waals surface area contributed by atoms with E-state index >= 15 is 0 Å². The van der Waals surface area contributed by atoms with Crippen molar-refractivity contribution in [3.05, 3.63) is 24.9 Å². The van der Waals surface area contributed by atoms with Crippen LogP contribution in [0.4, 0.5) is 5.82 Å². The number of nitrogens with zero attached hydrogens (tertiary/aromatic N) is 3. The third kappa shape index (κ3) is 1.97. The number of aromatic nitrogens is 3. The molecule has 5 nitrogen and oxygen atoms in total. The van der Waals surface area contributed by atoms with Crippen molar-refractivity contribution in [1.82, 2.24) is 15.0 Å². The van der Waals surface area contributed by atoms with Crippen molar-refractivity contribution in [2.75, 3.05) is 5.73 Å². The van der Waals surface area contributed by atoms with Crippen molar-refractivity contribution in [1.29, 1.82) is 0 Å². The summed E-state index contributed by atoms with van der Waals surface area (Å²) >= 11 is 1.30. The number of nitrogen functional groups attached to an aromatic ring is 1. The van der Waals surface area contributed by atoms with Crippen LogP contribution in [-0.4, -0.2) is 15.0 Å². The van der Waals surface area contributed by atoms with Crippen molar-refractivity contribution < 1.29 is 4.42 Å². The number of hydrogen-bond donors (Lipinski definition) is 1. The monoisotopic (exact) mass is 194 g/mol. The number of anilines is 1. The van der Waals surface area contributed by atoms with E-state index in [0.29, 0.717) is 16.1 Å². The van der Waals surface area contributed by atoms with E-state index in [0.717, 1.165) is 0 Å². The molecule has 2 aromatic heterocycles. The van der Waals surface area contributed by atoms with Crippen molar-refractivity contribution >= 4 is 17.6 Å². The molecule has 0 spiro atoms. The predicted octanol–water partition coefficient (Wildman–Crippen LogP) is 1.20. The van der Waals surface area contributed by atoms with Gasteiger partial charge >= 0.3 is 0 Å². The van der Waals surface area contributed by atoms with Gasteiger partial charge in [-0.05, 0) is 11.8 Å². The van der Waals surface area contributed by atoms with E-state index in [1.807, 2.05) is 0 Å². The Bertz CT molecular complexity index is 372. The zero-order valence-corrected chi connectivity index (χ0v) is 7.36. The third-order valence-electron chi connectivity index (χ3n) is 1.25. The van der Waals surface area contributed by atoms with Gasteiger partial charge in [-0.25, -0.2) is 15.0 Å². The molecule has 0 aliphatic carbocycles. The van der Waals surface area contributed by atoms with Crippen LogP contribution in [0.25, 0.3) is 0 Å². The van der Waals surface area contributed by atoms with Gasteiger partial charge in [0.1, 0.15) is 17.1 Å². The van der Waals surface area contributed by atoms with Gasteiger partial charge in [0.2, 0.25) is 0 Å². The quantitative estimate of drug-likeness (QED) is 0.773. The van der Waals surface area contributed by atoms with Crippen LogP contribution in [0.3, 0.4) is 0 Å². The first-order valence-corrected chi connectivity index (χ1v) is 4.31. The Labute approximate surface area is 78.4 Å². The minimum Gasteiger partial charge on any atom is -0.440 e. The van der Waals surface area contributed by atoms with E-state index in [2.05, 4.69) is 15.0 Å². The second-order valence-electron chi connectivity index (χ2n) is 2.18. The SMILES string of the molecule is Nc1cnc(Sc2ncco2)cn1. The molecule has 0 aromatic carbocycles. The number of nitrogens with two attached hydrogens (primary N) is 1. The molecule has 2 rings (SSSR count). The fourth-order valence-electron chi connectivity index (χ4n) is 0.729. The summed E-state index contributed by atoms with van der Waals surface area (Å²) in [5.41, 5.74) is 5.38. The largest absolute Gasteiger partial charge is 0.440 e. The van der Waals surface area contributed by atoms with Crippen LogP contribution in [0.2, 0.25) is 0 Å². The number of oxazole rings is 1. The molecule has 0 bridgehead atoms. The second kappa shape index (κ2) is 3.44. The lowest BCUT2D eigenvalue weighted by Crippen LogP contribution is -1.91. The zero-order chi connectivity index (χ0) is 9.10. The van der Waals surface area contributed by atoms with Crippen LogP contribution < -0.4 is 5.73 Å². The van der Waals surface area contributed by atoms with E-state index in [1.165, 1.54) is 24.2 Å². The minimum absolute atomic E-state index is 0.400. The molecule has 6 heteroatoms. The summed E-state index contributed by atoms with van der Waals surface area (Å²) in [5, 5.41) is 1.25. The predicted molar refractivity (Wildman–Crippen MR) is 47.1 cm³/mol. The summed E-state index contributed by atoms with van der Waals surface area (Å²) < 4.78 is 5.02. The average molecular weight is 194 g/mol. The number of rotatable bonds is 2. The maximum Gasteiger partial charge on any atom is 0.262 e. The molecule has 2 aromatic rings. The molecule has 0 radical (unpaired) electrons. The maximum atomic E-state index is 5.38. The molecule has 0 amide bonds. The van der Waals surface area contributed by atoms with Crippen LogP contribution in [0, 0.1) is 0 Å². The summed E-state index contributed by atoms with van der Waals surface area (Å²) in [7, 11) is 0. The molecule has 13 heavy (non-hydrogen) atoms. The standard InChI is InChI=1S/C7H6N4OS/c8-5-3-11-6(4-10-5)13-7-9-1-2-12-7/h1-4H,(H2,8,10). The average Bonchev–Trinajstić information content (AvgIpc) is 2.62. The van der Waals surface area contributed by atoms with Crippen molar-refractivity contribution in [2.24, 2.45) is 0 Å². The Morgan fingerprint density at radius 3 is 2.77 bits per heavy atom. The van der Waals surface area contributed by atoms with Crippen molar-refractivity contribution in [3.63, 3.8) is 0 Å². The first-order chi connectivity index (χ1) is 6.34. The first-order valence-electron chi connectivity index (χ1n) is 3.49. The summed E-state index contributed by atoms with van der Waals surface area (Å²) in [5.74, 6) is 0.400. The molecule has 2 N–H and O–H groups in total. The highest BCUT2D eigenvalue weighted by Gasteiger charge is 2.02. The first kappa shape index (κ1) is 8.06. The Morgan fingerprint density at radius 2 is 2.15 bits per heavy atom. The summed E-state index contributed by atoms with van der Waals surface area (Å²) in [6.07, 6.45) is 6.15. The Morgan fingerprint density at radius 1 is 1.23 bits per heavy atom. The van der Waals surface area contributed by atoms with Crippen LogP contribution in [0.5, 0.6) is 0 Å². The normalized spacial score (nSPS) is 10.2. The molecule has 0 unspecified atom stereocenters. The Balaban J connectivity index is 2.15. The van der Waals surface area contributed by atoms with Gasteiger partial charge in [0, 0.05) is 0 Å². The van der Waals surface area contributed by atoms with Gasteiger partial charge in [-0.2, -0.15) is 0 Å². The fourth-order valence-corrected chi connectivity index (χ4v) is 1.34. The van der Waals surface area contributed by atoms with Crippen LogP contribution >= 0.6 is 11.8 Å². The molecule has 0 saturated heterocycles. The number of hydrogen-bond acceptors (Lipinski definition) is 6. The van der Waals surface area contributed by atoms with E-state index in [4.69, 9.17) is 10.2 Å². The molecule has 0 saturated carbocycles. The van der Waals surface area contributed by atoms with Gasteiger partial charge in [0.15, 0.2) is 0 Å². The zero-order valence-electron chi connectivity index (χ0n) is 6.54. The van der Waals surface area contributed by atoms with Crippen LogP contribution in [0.1, 0.15) is 0 Å². The molecular formula is C7H6N4OS. The smallest absolute Gasteiger partial charge is 0.262 e. The lowest BCUT2D eigenvalue weighted by atomic mass is 10.7. The molecule has 0 fully saturated rings. The topological polar surface area (TPSA) is 77.8 Å². The molecule has 0 atom stereocenters. The van der Waals surface area contributed by atoms with Gasteiger partial charge in [-0.15, -0.1) is 0 Å². The fraction of sp³-hybridized carbons (Fsp3) is 0. The van der Waals surface area contributed by atoms with Gasteiger partial charge in [0.25, 0.3) is 5.22 Å². The third-order valence-corrected chi connectivity index (χ3v) is 2.05. The minimum atomic E-state index is 0.400. The van der Waals surface area contributed by atoms with Gasteiger partial charge < -0.3 is 10.2 Å². The Kier molecular flexibility index (Phi) is 2.13. The van der Waals surface area contributed by atoms with E-state index < -0.39 is 0 Å². The van der Waals surface area contributed by atoms with E-state index in [1.54, 1.807) is 12.4 Å². The highest BCUT2D eigenvalue weighted by atomic mass is 32.2. The molecule has 66 valence electrons.